The first-order valence-corrected chi connectivity index (χ1v) is 2.79. The Morgan fingerprint density at radius 3 is 2.40 bits per heavy atom. The number of nitrogens with zero attached hydrogens (tertiary/aromatic N) is 2. The normalized spacial score (nSPS) is 12.2. The van der Waals surface area contributed by atoms with Crippen LogP contribution in [0.15, 0.2) is 18.7 Å². The summed E-state index contributed by atoms with van der Waals surface area (Å²) in [5, 5.41) is 0. The lowest BCUT2D eigenvalue weighted by molar-refractivity contribution is -0.718. The van der Waals surface area contributed by atoms with E-state index in [1.165, 1.54) is 4.68 Å². The number of imidazole rings is 1. The van der Waals surface area contributed by atoms with Crippen molar-refractivity contribution in [3.8, 4) is 0 Å². The molecule has 0 amide bonds. The quantitative estimate of drug-likeness (QED) is 0.364. The molecule has 0 fully saturated rings. The second-order valence-electron chi connectivity index (χ2n) is 2.05. The van der Waals surface area contributed by atoms with Gasteiger partial charge >= 0.3 is 0 Å². The van der Waals surface area contributed by atoms with E-state index in [4.69, 9.17) is 11.6 Å². The zero-order valence-electron chi connectivity index (χ0n) is 5.74. The third kappa shape index (κ3) is 2.00. The maximum atomic E-state index is 5.52. The van der Waals surface area contributed by atoms with E-state index in [1.807, 2.05) is 17.7 Å². The molecule has 58 valence electrons. The van der Waals surface area contributed by atoms with Gasteiger partial charge in [0.25, 0.3) is 6.33 Å². The van der Waals surface area contributed by atoms with E-state index in [2.05, 4.69) is 0 Å². The predicted molar refractivity (Wildman–Crippen MR) is 33.7 cm³/mol. The molecule has 1 rings (SSSR count). The van der Waals surface area contributed by atoms with Crippen molar-refractivity contribution in [1.82, 2.24) is 4.68 Å². The van der Waals surface area contributed by atoms with Crippen LogP contribution in [0.2, 0.25) is 0 Å². The molecule has 0 saturated carbocycles. The molecule has 0 aromatic carbocycles. The molecule has 1 unspecified atom stereocenters. The Hall–Kier alpha value is -0.550. The third-order valence-electron chi connectivity index (χ3n) is 1.15. The molecule has 0 radical (unpaired) electrons. The standard InChI is InChI=1S/C5H11N4.BrH/c1-5(6)8-2-3-9(7)4-8;/h2-5H,6-7H2,1H3;1H/q+1;/p-1. The number of halogens is 1. The van der Waals surface area contributed by atoms with Gasteiger partial charge in [0.15, 0.2) is 6.20 Å². The molecule has 0 aliphatic carbocycles. The van der Waals surface area contributed by atoms with Crippen molar-refractivity contribution >= 4 is 0 Å². The topological polar surface area (TPSA) is 60.8 Å². The van der Waals surface area contributed by atoms with Gasteiger partial charge in [0.1, 0.15) is 12.4 Å². The van der Waals surface area contributed by atoms with Crippen molar-refractivity contribution in [2.75, 3.05) is 5.84 Å². The molecule has 1 aromatic rings. The Bertz CT molecular complexity index is 195. The summed E-state index contributed by atoms with van der Waals surface area (Å²) in [5.74, 6) is 5.36. The highest BCUT2D eigenvalue weighted by Gasteiger charge is 2.02. The molecular weight excluding hydrogens is 196 g/mol. The highest BCUT2D eigenvalue weighted by Crippen LogP contribution is 1.80. The minimum Gasteiger partial charge on any atom is -1.00 e. The van der Waals surface area contributed by atoms with Crippen molar-refractivity contribution in [1.29, 1.82) is 0 Å². The molecule has 0 saturated heterocycles. The van der Waals surface area contributed by atoms with Gasteiger partial charge in [0.05, 0.1) is 0 Å². The Labute approximate surface area is 70.2 Å². The van der Waals surface area contributed by atoms with Crippen LogP contribution in [0.3, 0.4) is 0 Å². The second kappa shape index (κ2) is 3.58. The zero-order valence-corrected chi connectivity index (χ0v) is 7.32. The van der Waals surface area contributed by atoms with Crippen LogP contribution in [0, 0.1) is 0 Å². The van der Waals surface area contributed by atoms with E-state index >= 15 is 0 Å². The van der Waals surface area contributed by atoms with Gasteiger partial charge < -0.3 is 17.0 Å². The number of hydrogen-bond donors (Lipinski definition) is 2. The van der Waals surface area contributed by atoms with Crippen LogP contribution in [-0.4, -0.2) is 4.68 Å². The Kier molecular flexibility index (Phi) is 3.38. The van der Waals surface area contributed by atoms with Crippen LogP contribution >= 0.6 is 0 Å². The highest BCUT2D eigenvalue weighted by molar-refractivity contribution is 4.64. The Morgan fingerprint density at radius 1 is 1.60 bits per heavy atom. The summed E-state index contributed by atoms with van der Waals surface area (Å²) in [6, 6.07) is 0. The summed E-state index contributed by atoms with van der Waals surface area (Å²) in [7, 11) is 0. The molecule has 0 aliphatic rings. The maximum Gasteiger partial charge on any atom is 0.268 e. The number of nitrogen functional groups attached to an aromatic ring is 1. The van der Waals surface area contributed by atoms with Crippen molar-refractivity contribution in [3.63, 3.8) is 0 Å². The fourth-order valence-electron chi connectivity index (χ4n) is 0.626. The Morgan fingerprint density at radius 2 is 2.20 bits per heavy atom. The highest BCUT2D eigenvalue weighted by atomic mass is 79.9. The van der Waals surface area contributed by atoms with Crippen LogP contribution in [0.5, 0.6) is 0 Å². The number of aromatic nitrogens is 2. The molecule has 1 atom stereocenters. The van der Waals surface area contributed by atoms with Crippen molar-refractivity contribution in [3.05, 3.63) is 18.7 Å². The molecule has 4 N–H and O–H groups in total. The monoisotopic (exact) mass is 206 g/mol. The van der Waals surface area contributed by atoms with Crippen LogP contribution in [0.1, 0.15) is 13.1 Å². The van der Waals surface area contributed by atoms with Gasteiger partial charge in [-0.2, -0.15) is 0 Å². The average Bonchev–Trinajstić information content (AvgIpc) is 2.14. The minimum atomic E-state index is -0.00481. The van der Waals surface area contributed by atoms with Gasteiger partial charge in [-0.05, 0) is 6.92 Å². The Balaban J connectivity index is 0.000000810. The maximum absolute atomic E-state index is 5.52. The van der Waals surface area contributed by atoms with E-state index in [1.54, 1.807) is 12.5 Å². The van der Waals surface area contributed by atoms with Crippen LogP contribution in [-0.2, 0) is 0 Å². The molecule has 0 bridgehead atoms. The lowest BCUT2D eigenvalue weighted by Gasteiger charge is -1.95. The first-order valence-electron chi connectivity index (χ1n) is 2.79. The van der Waals surface area contributed by atoms with Crippen molar-refractivity contribution in [2.45, 2.75) is 13.1 Å². The largest absolute Gasteiger partial charge is 1.00 e. The van der Waals surface area contributed by atoms with E-state index in [0.29, 0.717) is 0 Å². The summed E-state index contributed by atoms with van der Waals surface area (Å²) < 4.78 is 3.28. The minimum absolute atomic E-state index is 0. The number of rotatable bonds is 1. The lowest BCUT2D eigenvalue weighted by Crippen LogP contribution is -3.00. The summed E-state index contributed by atoms with van der Waals surface area (Å²) in [5.41, 5.74) is 5.52. The molecule has 1 heterocycles. The molecule has 1 aromatic heterocycles. The smallest absolute Gasteiger partial charge is 0.268 e. The van der Waals surface area contributed by atoms with Crippen LogP contribution in [0.4, 0.5) is 0 Å². The summed E-state index contributed by atoms with van der Waals surface area (Å²) in [4.78, 5) is 0. The van der Waals surface area contributed by atoms with Crippen LogP contribution in [0.25, 0.3) is 0 Å². The molecule has 0 spiro atoms. The fraction of sp³-hybridized carbons (Fsp3) is 0.400. The third-order valence-corrected chi connectivity index (χ3v) is 1.15. The number of nitrogens with two attached hydrogens (primary N) is 2. The summed E-state index contributed by atoms with van der Waals surface area (Å²) in [6.07, 6.45) is 5.29. The summed E-state index contributed by atoms with van der Waals surface area (Å²) >= 11 is 0. The van der Waals surface area contributed by atoms with Gasteiger partial charge in [0.2, 0.25) is 0 Å². The fourth-order valence-corrected chi connectivity index (χ4v) is 0.626. The summed E-state index contributed by atoms with van der Waals surface area (Å²) in [6.45, 7) is 1.89. The van der Waals surface area contributed by atoms with E-state index in [0.717, 1.165) is 0 Å². The average molecular weight is 207 g/mol. The molecular formula is C5H11BrN4. The molecule has 0 aliphatic heterocycles. The van der Waals surface area contributed by atoms with Gasteiger partial charge in [0, 0.05) is 0 Å². The molecule has 4 nitrogen and oxygen atoms in total. The van der Waals surface area contributed by atoms with Gasteiger partial charge in [-0.3, -0.25) is 11.6 Å². The first-order chi connectivity index (χ1) is 4.20. The van der Waals surface area contributed by atoms with E-state index in [9.17, 15) is 0 Å². The second-order valence-corrected chi connectivity index (χ2v) is 2.05. The number of hydrogen-bond acceptors (Lipinski definition) is 2. The van der Waals surface area contributed by atoms with Crippen LogP contribution < -0.4 is 33.1 Å². The molecule has 5 heteroatoms. The molecule has 10 heavy (non-hydrogen) atoms. The van der Waals surface area contributed by atoms with E-state index < -0.39 is 0 Å². The van der Waals surface area contributed by atoms with Crippen molar-refractivity contribution in [2.24, 2.45) is 5.73 Å². The van der Waals surface area contributed by atoms with Gasteiger partial charge in [-0.15, -0.1) is 4.68 Å². The van der Waals surface area contributed by atoms with Gasteiger partial charge in [-0.25, -0.2) is 4.57 Å². The lowest BCUT2D eigenvalue weighted by atomic mass is 10.6. The zero-order chi connectivity index (χ0) is 6.85. The van der Waals surface area contributed by atoms with Gasteiger partial charge in [-0.1, -0.05) is 0 Å². The SMILES string of the molecule is CC(N)[n+]1ccn(N)c1.[Br-]. The van der Waals surface area contributed by atoms with Crippen molar-refractivity contribution < 1.29 is 21.5 Å². The predicted octanol–water partition coefficient (Wildman–Crippen LogP) is -4.03. The first kappa shape index (κ1) is 9.45. The van der Waals surface area contributed by atoms with E-state index in [-0.39, 0.29) is 23.1 Å².